The predicted octanol–water partition coefficient (Wildman–Crippen LogP) is 3.29. The van der Waals surface area contributed by atoms with Crippen molar-refractivity contribution in [3.63, 3.8) is 0 Å². The Morgan fingerprint density at radius 3 is 2.37 bits per heavy atom. The Morgan fingerprint density at radius 2 is 1.84 bits per heavy atom. The highest BCUT2D eigenvalue weighted by Gasteiger charge is 2.35. The van der Waals surface area contributed by atoms with Crippen molar-refractivity contribution >= 4 is 11.4 Å². The number of benzene rings is 1. The van der Waals surface area contributed by atoms with Gasteiger partial charge in [0.05, 0.1) is 16.2 Å². The van der Waals surface area contributed by atoms with E-state index in [0.717, 1.165) is 12.1 Å². The summed E-state index contributed by atoms with van der Waals surface area (Å²) in [5.41, 5.74) is 0.550. The van der Waals surface area contributed by atoms with Gasteiger partial charge in [-0.15, -0.1) is 0 Å². The molecule has 0 saturated heterocycles. The lowest BCUT2D eigenvalue weighted by molar-refractivity contribution is -0.385. The number of nitro benzene ring substituents is 1. The van der Waals surface area contributed by atoms with Gasteiger partial charge in [0.2, 0.25) is 0 Å². The number of nitro groups is 1. The molecule has 0 spiro atoms. The van der Waals surface area contributed by atoms with Crippen molar-refractivity contribution in [2.45, 2.75) is 6.18 Å². The van der Waals surface area contributed by atoms with Crippen LogP contribution < -0.4 is 5.43 Å². The molecule has 0 unspecified atom stereocenters. The van der Waals surface area contributed by atoms with Crippen LogP contribution in [-0.4, -0.2) is 9.60 Å². The Labute approximate surface area is 105 Å². The molecular weight excluding hydrogens is 263 g/mol. The van der Waals surface area contributed by atoms with Crippen molar-refractivity contribution < 1.29 is 18.1 Å². The van der Waals surface area contributed by atoms with Crippen LogP contribution in [0, 0.1) is 10.1 Å². The van der Waals surface area contributed by atoms with Gasteiger partial charge in [-0.3, -0.25) is 20.2 Å². The number of halogens is 3. The van der Waals surface area contributed by atoms with Gasteiger partial charge < -0.3 is 0 Å². The number of nitrogens with one attached hydrogen (secondary N) is 1. The van der Waals surface area contributed by atoms with Gasteiger partial charge in [-0.05, 0) is 18.2 Å². The Balaban J connectivity index is 2.45. The van der Waals surface area contributed by atoms with E-state index in [1.54, 1.807) is 12.1 Å². The minimum absolute atomic E-state index is 0.255. The second kappa shape index (κ2) is 4.63. The molecule has 2 aromatic rings. The molecule has 0 aliphatic rings. The monoisotopic (exact) mass is 271 g/mol. The third-order valence-corrected chi connectivity index (χ3v) is 2.37. The first-order valence-corrected chi connectivity index (χ1v) is 5.13. The van der Waals surface area contributed by atoms with Crippen LogP contribution in [0.3, 0.4) is 0 Å². The van der Waals surface area contributed by atoms with E-state index in [2.05, 4.69) is 5.43 Å². The van der Waals surface area contributed by atoms with Crippen LogP contribution in [0.4, 0.5) is 24.5 Å². The summed E-state index contributed by atoms with van der Waals surface area (Å²) >= 11 is 0. The van der Waals surface area contributed by atoms with Crippen LogP contribution in [0.5, 0.6) is 0 Å². The van der Waals surface area contributed by atoms with Gasteiger partial charge in [-0.2, -0.15) is 13.2 Å². The largest absolute Gasteiger partial charge is 0.418 e. The zero-order valence-electron chi connectivity index (χ0n) is 9.39. The van der Waals surface area contributed by atoms with E-state index in [-0.39, 0.29) is 5.69 Å². The molecule has 0 bridgehead atoms. The predicted molar refractivity (Wildman–Crippen MR) is 61.6 cm³/mol. The third kappa shape index (κ3) is 2.84. The molecule has 1 aromatic heterocycles. The first kappa shape index (κ1) is 12.9. The van der Waals surface area contributed by atoms with Crippen molar-refractivity contribution in [2.75, 3.05) is 5.43 Å². The van der Waals surface area contributed by atoms with Crippen LogP contribution in [0.25, 0.3) is 0 Å². The molecule has 1 N–H and O–H groups in total. The lowest BCUT2D eigenvalue weighted by Crippen LogP contribution is -2.14. The summed E-state index contributed by atoms with van der Waals surface area (Å²) in [6.45, 7) is 0. The Hall–Kier alpha value is -2.51. The molecule has 0 aliphatic heterocycles. The highest BCUT2D eigenvalue weighted by Crippen LogP contribution is 2.37. The molecule has 8 heteroatoms. The first-order chi connectivity index (χ1) is 8.88. The van der Waals surface area contributed by atoms with Crippen molar-refractivity contribution in [1.82, 2.24) is 4.68 Å². The number of hydrogen-bond acceptors (Lipinski definition) is 3. The molecule has 19 heavy (non-hydrogen) atoms. The topological polar surface area (TPSA) is 60.1 Å². The Kier molecular flexibility index (Phi) is 3.16. The van der Waals surface area contributed by atoms with Crippen LogP contribution in [0.1, 0.15) is 5.56 Å². The quantitative estimate of drug-likeness (QED) is 0.688. The van der Waals surface area contributed by atoms with Crippen LogP contribution >= 0.6 is 0 Å². The second-order valence-corrected chi connectivity index (χ2v) is 3.69. The molecule has 0 atom stereocenters. The minimum atomic E-state index is -4.68. The molecule has 0 amide bonds. The average Bonchev–Trinajstić information content (AvgIpc) is 2.80. The normalized spacial score (nSPS) is 11.3. The number of rotatable bonds is 3. The second-order valence-electron chi connectivity index (χ2n) is 3.69. The fourth-order valence-electron chi connectivity index (χ4n) is 1.53. The summed E-state index contributed by atoms with van der Waals surface area (Å²) in [5, 5.41) is 10.5. The summed E-state index contributed by atoms with van der Waals surface area (Å²) in [6.07, 6.45) is -1.65. The molecular formula is C11H8F3N3O2. The van der Waals surface area contributed by atoms with Gasteiger partial charge in [0.25, 0.3) is 5.69 Å². The maximum atomic E-state index is 12.8. The van der Waals surface area contributed by atoms with E-state index in [9.17, 15) is 23.3 Å². The molecule has 1 heterocycles. The number of anilines is 1. The van der Waals surface area contributed by atoms with Gasteiger partial charge in [0, 0.05) is 24.5 Å². The Morgan fingerprint density at radius 1 is 1.21 bits per heavy atom. The van der Waals surface area contributed by atoms with E-state index in [4.69, 9.17) is 0 Å². The number of aromatic nitrogens is 1. The molecule has 0 saturated carbocycles. The summed E-state index contributed by atoms with van der Waals surface area (Å²) in [5.74, 6) is 0. The van der Waals surface area contributed by atoms with Crippen molar-refractivity contribution in [3.05, 3.63) is 58.4 Å². The van der Waals surface area contributed by atoms with Gasteiger partial charge in [0.1, 0.15) is 0 Å². The van der Waals surface area contributed by atoms with Crippen molar-refractivity contribution in [2.24, 2.45) is 0 Å². The molecule has 5 nitrogen and oxygen atoms in total. The molecule has 1 aromatic carbocycles. The molecule has 0 aliphatic carbocycles. The van der Waals surface area contributed by atoms with Crippen molar-refractivity contribution in [1.29, 1.82) is 0 Å². The third-order valence-electron chi connectivity index (χ3n) is 2.37. The SMILES string of the molecule is O=[N+]([O-])c1ccc(Nn2cccc2)c(C(F)(F)F)c1. The summed E-state index contributed by atoms with van der Waals surface area (Å²) in [6, 6.07) is 5.81. The summed E-state index contributed by atoms with van der Waals surface area (Å²) < 4.78 is 39.9. The van der Waals surface area contributed by atoms with E-state index < -0.39 is 22.4 Å². The van der Waals surface area contributed by atoms with Crippen LogP contribution in [0.2, 0.25) is 0 Å². The highest BCUT2D eigenvalue weighted by molar-refractivity contribution is 5.57. The van der Waals surface area contributed by atoms with Crippen LogP contribution in [-0.2, 0) is 6.18 Å². The Bertz CT molecular complexity index is 594. The standard InChI is InChI=1S/C11H8F3N3O2/c12-11(13,14)9-7-8(17(18)19)3-4-10(9)15-16-5-1-2-6-16/h1-7,15H. The molecule has 0 radical (unpaired) electrons. The number of alkyl halides is 3. The van der Waals surface area contributed by atoms with E-state index >= 15 is 0 Å². The van der Waals surface area contributed by atoms with Crippen LogP contribution in [0.15, 0.2) is 42.7 Å². The van der Waals surface area contributed by atoms with Gasteiger partial charge in [-0.25, -0.2) is 0 Å². The molecule has 2 rings (SSSR count). The maximum Gasteiger partial charge on any atom is 0.418 e. The number of nitrogens with zero attached hydrogens (tertiary/aromatic N) is 2. The van der Waals surface area contributed by atoms with E-state index in [1.165, 1.54) is 17.1 Å². The molecule has 100 valence electrons. The zero-order chi connectivity index (χ0) is 14.0. The fraction of sp³-hybridized carbons (Fsp3) is 0.0909. The lowest BCUT2D eigenvalue weighted by atomic mass is 10.1. The van der Waals surface area contributed by atoms with Gasteiger partial charge >= 0.3 is 6.18 Å². The van der Waals surface area contributed by atoms with E-state index in [1.807, 2.05) is 0 Å². The maximum absolute atomic E-state index is 12.8. The minimum Gasteiger partial charge on any atom is -0.294 e. The highest BCUT2D eigenvalue weighted by atomic mass is 19.4. The molecule has 0 fully saturated rings. The zero-order valence-corrected chi connectivity index (χ0v) is 9.39. The first-order valence-electron chi connectivity index (χ1n) is 5.13. The lowest BCUT2D eigenvalue weighted by Gasteiger charge is -2.14. The number of hydrogen-bond donors (Lipinski definition) is 1. The van der Waals surface area contributed by atoms with E-state index in [0.29, 0.717) is 6.07 Å². The summed E-state index contributed by atoms with van der Waals surface area (Å²) in [4.78, 5) is 9.65. The fourth-order valence-corrected chi connectivity index (χ4v) is 1.53. The van der Waals surface area contributed by atoms with Gasteiger partial charge in [-0.1, -0.05) is 0 Å². The van der Waals surface area contributed by atoms with Gasteiger partial charge in [0.15, 0.2) is 0 Å². The smallest absolute Gasteiger partial charge is 0.294 e. The summed E-state index contributed by atoms with van der Waals surface area (Å²) in [7, 11) is 0. The average molecular weight is 271 g/mol. The van der Waals surface area contributed by atoms with Crippen molar-refractivity contribution in [3.8, 4) is 0 Å². The number of non-ortho nitro benzene ring substituents is 1.